The van der Waals surface area contributed by atoms with Crippen LogP contribution in [-0.2, 0) is 0 Å². The quantitative estimate of drug-likeness (QED) is 0.786. The fraction of sp³-hybridized carbons (Fsp3) is 0.167. The number of furan rings is 1. The summed E-state index contributed by atoms with van der Waals surface area (Å²) in [5.74, 6) is 0.591. The van der Waals surface area contributed by atoms with E-state index in [4.69, 9.17) is 4.42 Å². The number of hydrogen-bond donors (Lipinski definition) is 1. The molecule has 0 aliphatic heterocycles. The molecule has 0 bridgehead atoms. The first kappa shape index (κ1) is 9.03. The summed E-state index contributed by atoms with van der Waals surface area (Å²) < 4.78 is 5.23. The summed E-state index contributed by atoms with van der Waals surface area (Å²) in [7, 11) is 0. The smallest absolute Gasteiger partial charge is 0.137 e. The Morgan fingerprint density at radius 3 is 2.50 bits per heavy atom. The van der Waals surface area contributed by atoms with E-state index in [-0.39, 0.29) is 0 Å². The summed E-state index contributed by atoms with van der Waals surface area (Å²) in [5, 5.41) is 9.91. The van der Waals surface area contributed by atoms with Gasteiger partial charge in [0.1, 0.15) is 11.9 Å². The molecule has 2 aromatic rings. The van der Waals surface area contributed by atoms with Gasteiger partial charge < -0.3 is 9.52 Å². The third kappa shape index (κ3) is 1.70. The molecule has 0 aliphatic carbocycles. The van der Waals surface area contributed by atoms with Crippen molar-refractivity contribution < 1.29 is 9.52 Å². The van der Waals surface area contributed by atoms with Gasteiger partial charge in [0.05, 0.1) is 6.26 Å². The molecule has 2 rings (SSSR count). The molecule has 1 unspecified atom stereocenters. The van der Waals surface area contributed by atoms with Crippen LogP contribution in [0.25, 0.3) is 0 Å². The Labute approximate surface area is 82.8 Å². The van der Waals surface area contributed by atoms with Gasteiger partial charge in [-0.15, -0.1) is 0 Å². The molecule has 2 nitrogen and oxygen atoms in total. The number of aliphatic hydroxyl groups is 1. The second-order valence-corrected chi connectivity index (χ2v) is 3.34. The van der Waals surface area contributed by atoms with Crippen LogP contribution in [0.5, 0.6) is 0 Å². The molecule has 72 valence electrons. The van der Waals surface area contributed by atoms with Gasteiger partial charge >= 0.3 is 0 Å². The lowest BCUT2D eigenvalue weighted by Crippen LogP contribution is -1.96. The Bertz CT molecular complexity index is 403. The van der Waals surface area contributed by atoms with Crippen molar-refractivity contribution >= 4 is 0 Å². The summed E-state index contributed by atoms with van der Waals surface area (Å²) in [6.45, 7) is 1.94. The van der Waals surface area contributed by atoms with E-state index in [1.807, 2.05) is 43.3 Å². The maximum absolute atomic E-state index is 9.91. The van der Waals surface area contributed by atoms with E-state index < -0.39 is 6.10 Å². The van der Waals surface area contributed by atoms with Crippen LogP contribution in [0.2, 0.25) is 0 Å². The van der Waals surface area contributed by atoms with Crippen molar-refractivity contribution in [2.24, 2.45) is 0 Å². The molecule has 1 atom stereocenters. The zero-order valence-electron chi connectivity index (χ0n) is 7.97. The first-order valence-electron chi connectivity index (χ1n) is 4.55. The molecule has 0 fully saturated rings. The van der Waals surface area contributed by atoms with Gasteiger partial charge in [-0.1, -0.05) is 30.3 Å². The molecule has 1 aromatic heterocycles. The van der Waals surface area contributed by atoms with Crippen LogP contribution < -0.4 is 0 Å². The lowest BCUT2D eigenvalue weighted by atomic mass is 10.1. The molecule has 0 spiro atoms. The minimum absolute atomic E-state index is 0.591. The Kier molecular flexibility index (Phi) is 2.37. The minimum Gasteiger partial charge on any atom is -0.466 e. The van der Waals surface area contributed by atoms with Crippen molar-refractivity contribution in [2.45, 2.75) is 13.0 Å². The largest absolute Gasteiger partial charge is 0.466 e. The normalized spacial score (nSPS) is 12.7. The lowest BCUT2D eigenvalue weighted by molar-refractivity contribution is 0.189. The fourth-order valence-electron chi connectivity index (χ4n) is 1.40. The SMILES string of the molecule is Cc1coc(C(O)c2ccccc2)c1. The number of benzene rings is 1. The van der Waals surface area contributed by atoms with Gasteiger partial charge in [-0.2, -0.15) is 0 Å². The zero-order chi connectivity index (χ0) is 9.97. The van der Waals surface area contributed by atoms with Crippen molar-refractivity contribution in [1.82, 2.24) is 0 Å². The maximum atomic E-state index is 9.91. The first-order chi connectivity index (χ1) is 6.77. The van der Waals surface area contributed by atoms with E-state index in [1.54, 1.807) is 6.26 Å². The highest BCUT2D eigenvalue weighted by Crippen LogP contribution is 2.22. The molecule has 0 radical (unpaired) electrons. The number of aliphatic hydroxyl groups excluding tert-OH is 1. The summed E-state index contributed by atoms with van der Waals surface area (Å²) >= 11 is 0. The third-order valence-corrected chi connectivity index (χ3v) is 2.14. The van der Waals surface area contributed by atoms with Crippen LogP contribution >= 0.6 is 0 Å². The Morgan fingerprint density at radius 2 is 1.93 bits per heavy atom. The molecule has 0 saturated carbocycles. The summed E-state index contributed by atoms with van der Waals surface area (Å²) in [6.07, 6.45) is 0.978. The number of rotatable bonds is 2. The molecule has 1 heterocycles. The van der Waals surface area contributed by atoms with E-state index in [0.717, 1.165) is 11.1 Å². The van der Waals surface area contributed by atoms with E-state index in [1.165, 1.54) is 0 Å². The summed E-state index contributed by atoms with van der Waals surface area (Å²) in [6, 6.07) is 11.3. The van der Waals surface area contributed by atoms with E-state index in [0.29, 0.717) is 5.76 Å². The van der Waals surface area contributed by atoms with Crippen molar-refractivity contribution in [1.29, 1.82) is 0 Å². The van der Waals surface area contributed by atoms with E-state index in [9.17, 15) is 5.11 Å². The van der Waals surface area contributed by atoms with Crippen molar-refractivity contribution in [3.63, 3.8) is 0 Å². The van der Waals surface area contributed by atoms with Gasteiger partial charge in [-0.3, -0.25) is 0 Å². The minimum atomic E-state index is -0.662. The average Bonchev–Trinajstić information content (AvgIpc) is 2.65. The van der Waals surface area contributed by atoms with Gasteiger partial charge in [0.25, 0.3) is 0 Å². The standard InChI is InChI=1S/C12H12O2/c1-9-7-11(14-8-9)12(13)10-5-3-2-4-6-10/h2-8,12-13H,1H3. The maximum Gasteiger partial charge on any atom is 0.137 e. The van der Waals surface area contributed by atoms with E-state index >= 15 is 0 Å². The number of hydrogen-bond acceptors (Lipinski definition) is 2. The predicted octanol–water partition coefficient (Wildman–Crippen LogP) is 2.67. The van der Waals surface area contributed by atoms with E-state index in [2.05, 4.69) is 0 Å². The molecule has 0 saturated heterocycles. The van der Waals surface area contributed by atoms with Crippen LogP contribution in [0.3, 0.4) is 0 Å². The van der Waals surface area contributed by atoms with Crippen LogP contribution in [0.1, 0.15) is 23.0 Å². The first-order valence-corrected chi connectivity index (χ1v) is 4.55. The monoisotopic (exact) mass is 188 g/mol. The Morgan fingerprint density at radius 1 is 1.21 bits per heavy atom. The third-order valence-electron chi connectivity index (χ3n) is 2.14. The number of aryl methyl sites for hydroxylation is 1. The molecule has 0 amide bonds. The highest BCUT2D eigenvalue weighted by atomic mass is 16.4. The molecule has 14 heavy (non-hydrogen) atoms. The van der Waals surface area contributed by atoms with Crippen molar-refractivity contribution in [3.05, 3.63) is 59.5 Å². The zero-order valence-corrected chi connectivity index (χ0v) is 7.97. The highest BCUT2D eigenvalue weighted by Gasteiger charge is 2.12. The van der Waals surface area contributed by atoms with Crippen molar-refractivity contribution in [3.8, 4) is 0 Å². The van der Waals surface area contributed by atoms with Crippen LogP contribution in [-0.4, -0.2) is 5.11 Å². The molecule has 2 heteroatoms. The fourth-order valence-corrected chi connectivity index (χ4v) is 1.40. The van der Waals surface area contributed by atoms with Gasteiger partial charge in [-0.25, -0.2) is 0 Å². The van der Waals surface area contributed by atoms with Crippen LogP contribution in [0.4, 0.5) is 0 Å². The predicted molar refractivity (Wildman–Crippen MR) is 53.9 cm³/mol. The van der Waals surface area contributed by atoms with Gasteiger partial charge in [0.2, 0.25) is 0 Å². The average molecular weight is 188 g/mol. The Hall–Kier alpha value is -1.54. The Balaban J connectivity index is 2.29. The summed E-state index contributed by atoms with van der Waals surface area (Å²) in [4.78, 5) is 0. The van der Waals surface area contributed by atoms with Crippen molar-refractivity contribution in [2.75, 3.05) is 0 Å². The molecule has 1 aromatic carbocycles. The van der Waals surface area contributed by atoms with Crippen LogP contribution in [0, 0.1) is 6.92 Å². The molecule has 0 aliphatic rings. The topological polar surface area (TPSA) is 33.4 Å². The van der Waals surface area contributed by atoms with Gasteiger partial charge in [0, 0.05) is 0 Å². The summed E-state index contributed by atoms with van der Waals surface area (Å²) in [5.41, 5.74) is 1.87. The highest BCUT2D eigenvalue weighted by molar-refractivity contribution is 5.25. The second kappa shape index (κ2) is 3.68. The lowest BCUT2D eigenvalue weighted by Gasteiger charge is -2.06. The molecule has 1 N–H and O–H groups in total. The van der Waals surface area contributed by atoms with Crippen LogP contribution in [0.15, 0.2) is 47.1 Å². The van der Waals surface area contributed by atoms with Gasteiger partial charge in [0.15, 0.2) is 0 Å². The molecular formula is C12H12O2. The second-order valence-electron chi connectivity index (χ2n) is 3.34. The van der Waals surface area contributed by atoms with Gasteiger partial charge in [-0.05, 0) is 24.1 Å². The molecular weight excluding hydrogens is 176 g/mol.